The van der Waals surface area contributed by atoms with Crippen molar-refractivity contribution in [3.05, 3.63) is 47.8 Å². The molecular formula is C35H50N6O4. The minimum absolute atomic E-state index is 0.00623. The second-order valence-corrected chi connectivity index (χ2v) is 14.7. The van der Waals surface area contributed by atoms with Gasteiger partial charge >= 0.3 is 0 Å². The van der Waals surface area contributed by atoms with Crippen molar-refractivity contribution >= 4 is 23.4 Å². The van der Waals surface area contributed by atoms with E-state index in [0.29, 0.717) is 50.1 Å². The second kappa shape index (κ2) is 12.5. The number of aryl methyl sites for hydroxylation is 1. The maximum Gasteiger partial charge on any atom is 0.270 e. The van der Waals surface area contributed by atoms with Gasteiger partial charge < -0.3 is 20.7 Å². The molecule has 10 heteroatoms. The number of nitrogens with zero attached hydrogens (tertiary/aromatic N) is 3. The van der Waals surface area contributed by atoms with Crippen molar-refractivity contribution in [2.75, 3.05) is 38.2 Å². The van der Waals surface area contributed by atoms with Gasteiger partial charge in [-0.3, -0.25) is 24.0 Å². The molecule has 45 heavy (non-hydrogen) atoms. The summed E-state index contributed by atoms with van der Waals surface area (Å²) in [7, 11) is 1.73. The van der Waals surface area contributed by atoms with Crippen LogP contribution in [0.5, 0.6) is 0 Å². The molecule has 3 amide bonds. The quantitative estimate of drug-likeness (QED) is 0.328. The van der Waals surface area contributed by atoms with Crippen LogP contribution in [0.15, 0.2) is 36.5 Å². The minimum atomic E-state index is -0.873. The van der Waals surface area contributed by atoms with Crippen LogP contribution in [0.1, 0.15) is 88.2 Å². The summed E-state index contributed by atoms with van der Waals surface area (Å²) in [5, 5.41) is 13.7. The monoisotopic (exact) mass is 618 g/mol. The van der Waals surface area contributed by atoms with Crippen LogP contribution in [0.2, 0.25) is 0 Å². The zero-order valence-corrected chi connectivity index (χ0v) is 27.4. The van der Waals surface area contributed by atoms with Crippen molar-refractivity contribution < 1.29 is 19.1 Å². The summed E-state index contributed by atoms with van der Waals surface area (Å²) in [5.74, 6) is -0.0213. The Bertz CT molecular complexity index is 1390. The lowest BCUT2D eigenvalue weighted by atomic mass is 9.66. The average molecular weight is 619 g/mol. The number of carbonyl (C=O) groups is 3. The number of morpholine rings is 1. The number of anilines is 1. The van der Waals surface area contributed by atoms with Crippen molar-refractivity contribution in [1.29, 1.82) is 0 Å². The smallest absolute Gasteiger partial charge is 0.270 e. The maximum absolute atomic E-state index is 14.1. The molecule has 1 saturated heterocycles. The fourth-order valence-electron chi connectivity index (χ4n) is 7.69. The highest BCUT2D eigenvalue weighted by molar-refractivity contribution is 6.01. The lowest BCUT2D eigenvalue weighted by molar-refractivity contribution is -0.137. The normalized spacial score (nSPS) is 23.4. The van der Waals surface area contributed by atoms with E-state index >= 15 is 0 Å². The molecule has 2 heterocycles. The van der Waals surface area contributed by atoms with Crippen molar-refractivity contribution in [1.82, 2.24) is 25.3 Å². The van der Waals surface area contributed by atoms with Crippen LogP contribution in [0.25, 0.3) is 0 Å². The maximum atomic E-state index is 14.1. The van der Waals surface area contributed by atoms with Gasteiger partial charge in [0.05, 0.1) is 13.2 Å². The van der Waals surface area contributed by atoms with E-state index in [1.807, 2.05) is 31.2 Å². The summed E-state index contributed by atoms with van der Waals surface area (Å²) in [4.78, 5) is 43.5. The molecule has 3 saturated carbocycles. The van der Waals surface area contributed by atoms with Crippen molar-refractivity contribution in [2.24, 2.45) is 29.7 Å². The Hall–Kier alpha value is -3.24. The van der Waals surface area contributed by atoms with Crippen molar-refractivity contribution in [2.45, 2.75) is 83.7 Å². The zero-order chi connectivity index (χ0) is 31.8. The third-order valence-corrected chi connectivity index (χ3v) is 11.5. The van der Waals surface area contributed by atoms with E-state index in [9.17, 15) is 14.4 Å². The summed E-state index contributed by atoms with van der Waals surface area (Å²) in [6, 6.07) is 8.67. The highest BCUT2D eigenvalue weighted by atomic mass is 16.5. The molecule has 1 aliphatic heterocycles. The van der Waals surface area contributed by atoms with E-state index in [0.717, 1.165) is 50.5 Å². The Morgan fingerprint density at radius 1 is 1.02 bits per heavy atom. The highest BCUT2D eigenvalue weighted by Gasteiger charge is 2.54. The van der Waals surface area contributed by atoms with Gasteiger partial charge in [0, 0.05) is 38.6 Å². The Morgan fingerprint density at radius 3 is 2.24 bits per heavy atom. The predicted octanol–water partition coefficient (Wildman–Crippen LogP) is 4.23. The molecule has 0 radical (unpaired) electrons. The summed E-state index contributed by atoms with van der Waals surface area (Å²) in [5.41, 5.74) is 1.29. The van der Waals surface area contributed by atoms with Crippen LogP contribution < -0.4 is 16.0 Å². The Kier molecular flexibility index (Phi) is 8.82. The van der Waals surface area contributed by atoms with Gasteiger partial charge in [0.25, 0.3) is 5.91 Å². The molecule has 3 N–H and O–H groups in total. The molecule has 4 fully saturated rings. The number of carbonyl (C=O) groups excluding carboxylic acids is 3. The van der Waals surface area contributed by atoms with Gasteiger partial charge in [-0.15, -0.1) is 0 Å². The van der Waals surface area contributed by atoms with Gasteiger partial charge in [-0.25, -0.2) is 0 Å². The molecule has 10 nitrogen and oxygen atoms in total. The number of hydrogen-bond donors (Lipinski definition) is 3. The third-order valence-electron chi connectivity index (χ3n) is 11.5. The van der Waals surface area contributed by atoms with Crippen LogP contribution in [0.3, 0.4) is 0 Å². The van der Waals surface area contributed by atoms with Gasteiger partial charge in [0.1, 0.15) is 17.3 Å². The van der Waals surface area contributed by atoms with E-state index in [4.69, 9.17) is 4.74 Å². The zero-order valence-electron chi connectivity index (χ0n) is 27.4. The molecule has 6 rings (SSSR count). The van der Waals surface area contributed by atoms with Gasteiger partial charge in [0.2, 0.25) is 11.8 Å². The van der Waals surface area contributed by atoms with Crippen molar-refractivity contribution in [3.8, 4) is 0 Å². The average Bonchev–Trinajstić information content (AvgIpc) is 3.60. The minimum Gasteiger partial charge on any atom is -0.379 e. The molecular weight excluding hydrogens is 568 g/mol. The number of rotatable bonds is 12. The molecule has 0 spiro atoms. The summed E-state index contributed by atoms with van der Waals surface area (Å²) in [6.07, 6.45) is 10.6. The summed E-state index contributed by atoms with van der Waals surface area (Å²) in [6.45, 7) is 9.67. The van der Waals surface area contributed by atoms with Crippen molar-refractivity contribution in [3.63, 3.8) is 0 Å². The number of ether oxygens (including phenoxy) is 1. The number of hydrogen-bond acceptors (Lipinski definition) is 6. The molecule has 1 aromatic heterocycles. The lowest BCUT2D eigenvalue weighted by Gasteiger charge is -2.44. The first-order valence-corrected chi connectivity index (χ1v) is 16.8. The molecule has 244 valence electrons. The van der Waals surface area contributed by atoms with Gasteiger partial charge in [-0.05, 0) is 79.0 Å². The van der Waals surface area contributed by atoms with Gasteiger partial charge in [0.15, 0.2) is 0 Å². The van der Waals surface area contributed by atoms with Crippen LogP contribution in [-0.4, -0.2) is 71.3 Å². The van der Waals surface area contributed by atoms with Crippen LogP contribution in [0.4, 0.5) is 5.69 Å². The number of nitrogens with one attached hydrogen (secondary N) is 3. The first-order chi connectivity index (χ1) is 21.5. The number of aromatic nitrogens is 2. The summed E-state index contributed by atoms with van der Waals surface area (Å²) >= 11 is 0. The standard InChI is InChI=1S/C35H50N6O4/c1-33(14-6-15-33)23-36-32(44)35(3,41-19-21-45-22-20-41)25-9-11-26(12-10-25)38-31(43)29(39-30(42)27-13-18-37-40(27)4)28(24-7-5-8-24)34(2)16-17-34/h9-13,18,24,28-29H,5-8,14-17,19-23H2,1-4H3,(H,36,44)(H,38,43)(H,39,42)/t28?,29-,35?/m0/s1. The Balaban J connectivity index is 1.22. The summed E-state index contributed by atoms with van der Waals surface area (Å²) < 4.78 is 7.15. The van der Waals surface area contributed by atoms with Crippen LogP contribution in [-0.2, 0) is 26.9 Å². The molecule has 2 unspecified atom stereocenters. The third kappa shape index (κ3) is 6.41. The fourth-order valence-corrected chi connectivity index (χ4v) is 7.69. The first kappa shape index (κ1) is 31.7. The van der Waals surface area contributed by atoms with Gasteiger partial charge in [-0.2, -0.15) is 5.10 Å². The molecule has 1 aromatic carbocycles. The van der Waals surface area contributed by atoms with Crippen LogP contribution >= 0.6 is 0 Å². The molecule has 0 bridgehead atoms. The highest BCUT2D eigenvalue weighted by Crippen LogP contribution is 2.58. The first-order valence-electron chi connectivity index (χ1n) is 16.8. The van der Waals surface area contributed by atoms with E-state index < -0.39 is 11.6 Å². The second-order valence-electron chi connectivity index (χ2n) is 14.7. The van der Waals surface area contributed by atoms with Gasteiger partial charge in [-0.1, -0.05) is 51.7 Å². The van der Waals surface area contributed by atoms with Crippen LogP contribution in [0, 0.1) is 22.7 Å². The van der Waals surface area contributed by atoms with E-state index in [1.165, 1.54) is 11.1 Å². The molecule has 3 atom stereocenters. The SMILES string of the molecule is Cn1nccc1C(=O)N[C@H](C(=O)Nc1ccc(C(C)(C(=O)NCC2(C)CCC2)N2CCOCC2)cc1)C(C1CCC1)C1(C)CC1. The topological polar surface area (TPSA) is 118 Å². The predicted molar refractivity (Wildman–Crippen MR) is 172 cm³/mol. The number of benzene rings is 1. The van der Waals surface area contributed by atoms with E-state index in [2.05, 4.69) is 39.8 Å². The van der Waals surface area contributed by atoms with E-state index in [-0.39, 0.29) is 34.5 Å². The fraction of sp³-hybridized carbons (Fsp3) is 0.657. The van der Waals surface area contributed by atoms with E-state index in [1.54, 1.807) is 19.3 Å². The molecule has 3 aliphatic carbocycles. The molecule has 4 aliphatic rings. The Labute approximate surface area is 267 Å². The Morgan fingerprint density at radius 2 is 1.71 bits per heavy atom. The largest absolute Gasteiger partial charge is 0.379 e. The lowest BCUT2D eigenvalue weighted by Crippen LogP contribution is -2.58. The number of amides is 3. The molecule has 2 aromatic rings.